The van der Waals surface area contributed by atoms with Gasteiger partial charge in [0.25, 0.3) is 0 Å². The minimum atomic E-state index is -1.76. The molecule has 0 radical (unpaired) electrons. The molecule has 0 spiro atoms. The van der Waals surface area contributed by atoms with Gasteiger partial charge in [-0.15, -0.1) is 0 Å². The zero-order chi connectivity index (χ0) is 23.6. The number of rotatable bonds is 3. The molecule has 166 valence electrons. The van der Waals surface area contributed by atoms with Crippen molar-refractivity contribution in [3.05, 3.63) is 121 Å². The normalized spacial score (nSPS) is 14.2. The third-order valence-corrected chi connectivity index (χ3v) is 11.5. The van der Waals surface area contributed by atoms with E-state index in [9.17, 15) is 0 Å². The standard InChI is InChI=1S/C32H26BNSi/c1-35(2)30-18-10-9-17-29(30)33-28-21-20-25(22-27(28)26-16-11-19-31(35)32(26)33)34(23-12-5-3-6-13-23)24-14-7-4-8-15-24/h3-22H,1-2H3. The van der Waals surface area contributed by atoms with Gasteiger partial charge in [-0.05, 0) is 47.5 Å². The van der Waals surface area contributed by atoms with Gasteiger partial charge in [0.05, 0.1) is 0 Å². The van der Waals surface area contributed by atoms with Crippen molar-refractivity contribution in [1.82, 2.24) is 0 Å². The van der Waals surface area contributed by atoms with E-state index < -0.39 is 8.07 Å². The van der Waals surface area contributed by atoms with Gasteiger partial charge in [0.1, 0.15) is 8.07 Å². The number of benzene rings is 5. The third kappa shape index (κ3) is 2.95. The van der Waals surface area contributed by atoms with Crippen molar-refractivity contribution in [2.24, 2.45) is 0 Å². The second-order valence-corrected chi connectivity index (χ2v) is 14.5. The summed E-state index contributed by atoms with van der Waals surface area (Å²) in [5.41, 5.74) is 10.8. The third-order valence-electron chi connectivity index (χ3n) is 7.94. The lowest BCUT2D eigenvalue weighted by atomic mass is 9.38. The summed E-state index contributed by atoms with van der Waals surface area (Å²) >= 11 is 0. The van der Waals surface area contributed by atoms with Crippen LogP contribution in [0.4, 0.5) is 17.1 Å². The van der Waals surface area contributed by atoms with E-state index in [-0.39, 0.29) is 0 Å². The summed E-state index contributed by atoms with van der Waals surface area (Å²) in [4.78, 5) is 2.36. The fourth-order valence-corrected chi connectivity index (χ4v) is 9.58. The highest BCUT2D eigenvalue weighted by atomic mass is 28.3. The van der Waals surface area contributed by atoms with Gasteiger partial charge in [-0.1, -0.05) is 125 Å². The lowest BCUT2D eigenvalue weighted by molar-refractivity contribution is 1.29. The molecule has 0 saturated carbocycles. The molecular weight excluding hydrogens is 437 g/mol. The number of nitrogens with zero attached hydrogens (tertiary/aromatic N) is 1. The highest BCUT2D eigenvalue weighted by Crippen LogP contribution is 2.37. The van der Waals surface area contributed by atoms with E-state index >= 15 is 0 Å². The topological polar surface area (TPSA) is 3.24 Å². The van der Waals surface area contributed by atoms with E-state index in [4.69, 9.17) is 0 Å². The molecule has 0 fully saturated rings. The molecule has 3 heteroatoms. The Kier molecular flexibility index (Phi) is 4.46. The number of para-hydroxylation sites is 2. The van der Waals surface area contributed by atoms with Crippen molar-refractivity contribution in [3.8, 4) is 11.1 Å². The van der Waals surface area contributed by atoms with E-state index in [2.05, 4.69) is 139 Å². The first kappa shape index (κ1) is 20.5. The quantitative estimate of drug-likeness (QED) is 0.341. The predicted octanol–water partition coefficient (Wildman–Crippen LogP) is 4.79. The molecule has 0 aliphatic carbocycles. The van der Waals surface area contributed by atoms with E-state index in [1.165, 1.54) is 39.1 Å². The molecule has 7 rings (SSSR count). The van der Waals surface area contributed by atoms with Crippen LogP contribution in [0, 0.1) is 0 Å². The molecule has 0 atom stereocenters. The molecule has 0 saturated heterocycles. The number of hydrogen-bond donors (Lipinski definition) is 0. The Morgan fingerprint density at radius 2 is 1.14 bits per heavy atom. The van der Waals surface area contributed by atoms with Crippen LogP contribution in [0.5, 0.6) is 0 Å². The molecule has 2 heterocycles. The number of hydrogen-bond acceptors (Lipinski definition) is 1. The van der Waals surface area contributed by atoms with Crippen molar-refractivity contribution in [1.29, 1.82) is 0 Å². The van der Waals surface area contributed by atoms with Gasteiger partial charge in [0.2, 0.25) is 6.71 Å². The molecule has 0 N–H and O–H groups in total. The lowest BCUT2D eigenvalue weighted by Gasteiger charge is -2.36. The van der Waals surface area contributed by atoms with Crippen molar-refractivity contribution < 1.29 is 0 Å². The molecule has 5 aromatic rings. The van der Waals surface area contributed by atoms with E-state index in [1.54, 1.807) is 15.8 Å². The van der Waals surface area contributed by atoms with Crippen molar-refractivity contribution >= 4 is 58.6 Å². The first-order valence-electron chi connectivity index (χ1n) is 12.4. The van der Waals surface area contributed by atoms with Crippen LogP contribution in [0.25, 0.3) is 11.1 Å². The Bertz CT molecular complexity index is 1540. The Morgan fingerprint density at radius 1 is 0.514 bits per heavy atom. The van der Waals surface area contributed by atoms with Gasteiger partial charge >= 0.3 is 0 Å². The van der Waals surface area contributed by atoms with Crippen molar-refractivity contribution in [2.75, 3.05) is 4.90 Å². The Hall–Kier alpha value is -3.82. The largest absolute Gasteiger partial charge is 0.310 e. The van der Waals surface area contributed by atoms with Crippen LogP contribution in [0.1, 0.15) is 0 Å². The van der Waals surface area contributed by atoms with Crippen molar-refractivity contribution in [2.45, 2.75) is 13.1 Å². The van der Waals surface area contributed by atoms with Gasteiger partial charge in [-0.2, -0.15) is 0 Å². The maximum atomic E-state index is 2.51. The second kappa shape index (κ2) is 7.59. The van der Waals surface area contributed by atoms with Crippen LogP contribution in [-0.4, -0.2) is 14.8 Å². The molecule has 0 aromatic heterocycles. The molecule has 2 aliphatic rings. The summed E-state index contributed by atoms with van der Waals surface area (Å²) in [5.74, 6) is 0. The Balaban J connectivity index is 1.47. The minimum Gasteiger partial charge on any atom is -0.310 e. The molecule has 5 aromatic carbocycles. The first-order valence-corrected chi connectivity index (χ1v) is 15.4. The SMILES string of the molecule is C[Si]1(C)c2ccccc2B2c3ccc(N(c4ccccc4)c4ccccc4)cc3-c3cccc1c32. The fourth-order valence-electron chi connectivity index (χ4n) is 6.37. The maximum Gasteiger partial charge on any atom is 0.242 e. The highest BCUT2D eigenvalue weighted by molar-refractivity contribution is 7.15. The minimum absolute atomic E-state index is 0.337. The van der Waals surface area contributed by atoms with Crippen LogP contribution >= 0.6 is 0 Å². The summed E-state index contributed by atoms with van der Waals surface area (Å²) in [6, 6.07) is 44.7. The monoisotopic (exact) mass is 463 g/mol. The number of anilines is 3. The molecular formula is C32H26BNSi. The molecule has 0 unspecified atom stereocenters. The van der Waals surface area contributed by atoms with Crippen LogP contribution in [0.3, 0.4) is 0 Å². The average molecular weight is 463 g/mol. The van der Waals surface area contributed by atoms with E-state index in [1.807, 2.05) is 0 Å². The predicted molar refractivity (Wildman–Crippen MR) is 154 cm³/mol. The van der Waals surface area contributed by atoms with Crippen LogP contribution in [-0.2, 0) is 0 Å². The summed E-state index contributed by atoms with van der Waals surface area (Å²) in [6.45, 7) is 5.36. The van der Waals surface area contributed by atoms with Crippen LogP contribution in [0.2, 0.25) is 13.1 Å². The van der Waals surface area contributed by atoms with E-state index in [0.29, 0.717) is 6.71 Å². The molecule has 2 aliphatic heterocycles. The fraction of sp³-hybridized carbons (Fsp3) is 0.0625. The summed E-state index contributed by atoms with van der Waals surface area (Å²) in [6.07, 6.45) is 0. The molecule has 0 bridgehead atoms. The highest BCUT2D eigenvalue weighted by Gasteiger charge is 2.46. The molecule has 35 heavy (non-hydrogen) atoms. The average Bonchev–Trinajstić information content (AvgIpc) is 3.23. The Labute approximate surface area is 208 Å². The van der Waals surface area contributed by atoms with Gasteiger partial charge in [0.15, 0.2) is 0 Å². The van der Waals surface area contributed by atoms with E-state index in [0.717, 1.165) is 0 Å². The van der Waals surface area contributed by atoms with Crippen molar-refractivity contribution in [3.63, 3.8) is 0 Å². The smallest absolute Gasteiger partial charge is 0.242 e. The molecule has 0 amide bonds. The number of fused-ring (bicyclic) bond motifs is 5. The summed E-state index contributed by atoms with van der Waals surface area (Å²) < 4.78 is 0. The maximum absolute atomic E-state index is 2.51. The zero-order valence-electron chi connectivity index (χ0n) is 20.1. The molecule has 1 nitrogen and oxygen atoms in total. The van der Waals surface area contributed by atoms with Gasteiger partial charge in [0, 0.05) is 17.1 Å². The van der Waals surface area contributed by atoms with Gasteiger partial charge in [-0.3, -0.25) is 0 Å². The Morgan fingerprint density at radius 3 is 1.86 bits per heavy atom. The van der Waals surface area contributed by atoms with Gasteiger partial charge in [-0.25, -0.2) is 0 Å². The van der Waals surface area contributed by atoms with Crippen LogP contribution in [0.15, 0.2) is 121 Å². The zero-order valence-corrected chi connectivity index (χ0v) is 21.1. The van der Waals surface area contributed by atoms with Crippen LogP contribution < -0.4 is 31.7 Å². The summed E-state index contributed by atoms with van der Waals surface area (Å²) in [7, 11) is -1.76. The lowest BCUT2D eigenvalue weighted by Crippen LogP contribution is -2.75. The second-order valence-electron chi connectivity index (χ2n) is 10.2. The first-order chi connectivity index (χ1) is 17.1. The van der Waals surface area contributed by atoms with Gasteiger partial charge < -0.3 is 4.90 Å². The summed E-state index contributed by atoms with van der Waals surface area (Å²) in [5, 5.41) is 3.18.